The van der Waals surface area contributed by atoms with E-state index in [9.17, 15) is 9.59 Å². The van der Waals surface area contributed by atoms with Crippen molar-refractivity contribution in [2.45, 2.75) is 12.8 Å². The van der Waals surface area contributed by atoms with Gasteiger partial charge in [0, 0.05) is 35.9 Å². The summed E-state index contributed by atoms with van der Waals surface area (Å²) in [4.78, 5) is 27.2. The maximum absolute atomic E-state index is 12.1. The maximum Gasteiger partial charge on any atom is 0.229 e. The Morgan fingerprint density at radius 3 is 2.76 bits per heavy atom. The molecule has 0 bridgehead atoms. The number of aromatic amines is 1. The minimum atomic E-state index is -0.417. The molecule has 2 aromatic heterocycles. The Bertz CT molecular complexity index is 667. The SMILES string of the molecule is NC(=O)C1CCC1C(=O)Nc1cc(-c2cccnc2)[nH]n1. The summed E-state index contributed by atoms with van der Waals surface area (Å²) in [7, 11) is 0. The van der Waals surface area contributed by atoms with Gasteiger partial charge in [-0.3, -0.25) is 19.7 Å². The molecule has 1 saturated carbocycles. The number of H-pyrrole nitrogens is 1. The average Bonchev–Trinajstić information content (AvgIpc) is 2.86. The number of primary amides is 1. The number of rotatable bonds is 4. The third-order valence-corrected chi connectivity index (χ3v) is 3.78. The van der Waals surface area contributed by atoms with Gasteiger partial charge in [-0.1, -0.05) is 0 Å². The van der Waals surface area contributed by atoms with Crippen molar-refractivity contribution in [1.82, 2.24) is 15.2 Å². The van der Waals surface area contributed by atoms with Gasteiger partial charge in [0.1, 0.15) is 0 Å². The molecule has 4 N–H and O–H groups in total. The molecule has 0 radical (unpaired) electrons. The van der Waals surface area contributed by atoms with Crippen molar-refractivity contribution >= 4 is 17.6 Å². The fourth-order valence-electron chi connectivity index (χ4n) is 2.43. The van der Waals surface area contributed by atoms with Crippen LogP contribution in [0, 0.1) is 11.8 Å². The standard InChI is InChI=1S/C14H15N5O2/c15-13(20)9-3-4-10(9)14(21)17-12-6-11(18-19-12)8-2-1-5-16-7-8/h1-2,5-7,9-10H,3-4H2,(H2,15,20)(H2,17,18,19,21). The van der Waals surface area contributed by atoms with Crippen molar-refractivity contribution in [3.8, 4) is 11.3 Å². The molecule has 0 saturated heterocycles. The predicted molar refractivity (Wildman–Crippen MR) is 75.9 cm³/mol. The lowest BCUT2D eigenvalue weighted by atomic mass is 9.72. The van der Waals surface area contributed by atoms with Crippen LogP contribution in [0.3, 0.4) is 0 Å². The Hall–Kier alpha value is -2.70. The fraction of sp³-hybridized carbons (Fsp3) is 0.286. The second-order valence-electron chi connectivity index (χ2n) is 5.09. The van der Waals surface area contributed by atoms with E-state index in [-0.39, 0.29) is 17.7 Å². The highest BCUT2D eigenvalue weighted by Crippen LogP contribution is 2.34. The molecule has 108 valence electrons. The third kappa shape index (κ3) is 2.62. The Balaban J connectivity index is 1.68. The molecule has 2 atom stereocenters. The van der Waals surface area contributed by atoms with Gasteiger partial charge in [-0.2, -0.15) is 5.10 Å². The molecule has 2 heterocycles. The first kappa shape index (κ1) is 13.3. The second-order valence-corrected chi connectivity index (χ2v) is 5.09. The Kier molecular flexibility index (Phi) is 3.39. The molecule has 1 aliphatic rings. The number of carbonyl (C=O) groups excluding carboxylic acids is 2. The van der Waals surface area contributed by atoms with Gasteiger partial charge < -0.3 is 11.1 Å². The molecule has 2 unspecified atom stereocenters. The van der Waals surface area contributed by atoms with Crippen LogP contribution in [0.4, 0.5) is 5.82 Å². The van der Waals surface area contributed by atoms with Gasteiger partial charge in [0.25, 0.3) is 0 Å². The van der Waals surface area contributed by atoms with Crippen LogP contribution in [0.5, 0.6) is 0 Å². The van der Waals surface area contributed by atoms with E-state index in [4.69, 9.17) is 5.73 Å². The summed E-state index contributed by atoms with van der Waals surface area (Å²) in [5.41, 5.74) is 6.89. The molecule has 21 heavy (non-hydrogen) atoms. The average molecular weight is 285 g/mol. The van der Waals surface area contributed by atoms with Gasteiger partial charge >= 0.3 is 0 Å². The second kappa shape index (κ2) is 5.35. The smallest absolute Gasteiger partial charge is 0.229 e. The van der Waals surface area contributed by atoms with Gasteiger partial charge in [0.2, 0.25) is 11.8 Å². The number of amides is 2. The minimum Gasteiger partial charge on any atom is -0.369 e. The Labute approximate surface area is 121 Å². The van der Waals surface area contributed by atoms with Crippen molar-refractivity contribution in [2.75, 3.05) is 5.32 Å². The van der Waals surface area contributed by atoms with Crippen LogP contribution >= 0.6 is 0 Å². The topological polar surface area (TPSA) is 114 Å². The van der Waals surface area contributed by atoms with Crippen molar-refractivity contribution in [3.05, 3.63) is 30.6 Å². The van der Waals surface area contributed by atoms with Crippen LogP contribution in [0.25, 0.3) is 11.3 Å². The number of nitrogens with one attached hydrogen (secondary N) is 2. The zero-order chi connectivity index (χ0) is 14.8. The van der Waals surface area contributed by atoms with Crippen molar-refractivity contribution < 1.29 is 9.59 Å². The highest BCUT2D eigenvalue weighted by Gasteiger charge is 2.40. The summed E-state index contributed by atoms with van der Waals surface area (Å²) in [6.45, 7) is 0. The largest absolute Gasteiger partial charge is 0.369 e. The van der Waals surface area contributed by atoms with Crippen molar-refractivity contribution in [1.29, 1.82) is 0 Å². The summed E-state index contributed by atoms with van der Waals surface area (Å²) in [5, 5.41) is 9.59. The van der Waals surface area contributed by atoms with Gasteiger partial charge in [-0.05, 0) is 25.0 Å². The first-order chi connectivity index (χ1) is 10.1. The van der Waals surface area contributed by atoms with Crippen LogP contribution in [0.2, 0.25) is 0 Å². The van der Waals surface area contributed by atoms with E-state index >= 15 is 0 Å². The summed E-state index contributed by atoms with van der Waals surface area (Å²) >= 11 is 0. The molecule has 2 amide bonds. The normalized spacial score (nSPS) is 20.6. The highest BCUT2D eigenvalue weighted by atomic mass is 16.2. The number of hydrogen-bond acceptors (Lipinski definition) is 4. The van der Waals surface area contributed by atoms with E-state index in [0.29, 0.717) is 18.7 Å². The van der Waals surface area contributed by atoms with Crippen LogP contribution in [-0.4, -0.2) is 27.0 Å². The number of aromatic nitrogens is 3. The molecular formula is C14H15N5O2. The first-order valence-corrected chi connectivity index (χ1v) is 6.71. The van der Waals surface area contributed by atoms with Gasteiger partial charge in [0.05, 0.1) is 5.69 Å². The van der Waals surface area contributed by atoms with E-state index in [1.165, 1.54) is 0 Å². The monoisotopic (exact) mass is 285 g/mol. The number of anilines is 1. The molecule has 0 spiro atoms. The lowest BCUT2D eigenvalue weighted by molar-refractivity contribution is -0.135. The van der Waals surface area contributed by atoms with Gasteiger partial charge in [-0.25, -0.2) is 0 Å². The lowest BCUT2D eigenvalue weighted by Crippen LogP contribution is -2.43. The Morgan fingerprint density at radius 1 is 1.33 bits per heavy atom. The fourth-order valence-corrected chi connectivity index (χ4v) is 2.43. The van der Waals surface area contributed by atoms with Crippen molar-refractivity contribution in [3.63, 3.8) is 0 Å². The quantitative estimate of drug-likeness (QED) is 0.775. The van der Waals surface area contributed by atoms with E-state index in [1.54, 1.807) is 18.5 Å². The molecule has 2 aromatic rings. The number of pyridine rings is 1. The molecule has 1 aliphatic carbocycles. The van der Waals surface area contributed by atoms with Crippen molar-refractivity contribution in [2.24, 2.45) is 17.6 Å². The number of nitrogens with two attached hydrogens (primary N) is 1. The Morgan fingerprint density at radius 2 is 2.14 bits per heavy atom. The maximum atomic E-state index is 12.1. The third-order valence-electron chi connectivity index (χ3n) is 3.78. The van der Waals surface area contributed by atoms with E-state index in [0.717, 1.165) is 11.3 Å². The van der Waals surface area contributed by atoms with Crippen LogP contribution < -0.4 is 11.1 Å². The summed E-state index contributed by atoms with van der Waals surface area (Å²) in [6.07, 6.45) is 4.74. The summed E-state index contributed by atoms with van der Waals surface area (Å²) < 4.78 is 0. The molecule has 7 heteroatoms. The summed E-state index contributed by atoms with van der Waals surface area (Å²) in [5.74, 6) is -0.912. The van der Waals surface area contributed by atoms with E-state index in [2.05, 4.69) is 20.5 Å². The molecule has 1 fully saturated rings. The summed E-state index contributed by atoms with van der Waals surface area (Å²) in [6, 6.07) is 5.44. The molecular weight excluding hydrogens is 270 g/mol. The lowest BCUT2D eigenvalue weighted by Gasteiger charge is -2.32. The zero-order valence-corrected chi connectivity index (χ0v) is 11.2. The van der Waals surface area contributed by atoms with Gasteiger partial charge in [-0.15, -0.1) is 0 Å². The molecule has 0 aliphatic heterocycles. The molecule has 7 nitrogen and oxygen atoms in total. The minimum absolute atomic E-state index is 0.214. The first-order valence-electron chi connectivity index (χ1n) is 6.71. The van der Waals surface area contributed by atoms with Crippen LogP contribution in [-0.2, 0) is 9.59 Å². The number of hydrogen-bond donors (Lipinski definition) is 3. The highest BCUT2D eigenvalue weighted by molar-refractivity contribution is 5.96. The van der Waals surface area contributed by atoms with Crippen LogP contribution in [0.15, 0.2) is 30.6 Å². The number of carbonyl (C=O) groups is 2. The van der Waals surface area contributed by atoms with Crippen LogP contribution in [0.1, 0.15) is 12.8 Å². The van der Waals surface area contributed by atoms with Gasteiger partial charge in [0.15, 0.2) is 5.82 Å². The predicted octanol–water partition coefficient (Wildman–Crippen LogP) is 0.922. The zero-order valence-electron chi connectivity index (χ0n) is 11.2. The molecule has 3 rings (SSSR count). The van der Waals surface area contributed by atoms with E-state index in [1.807, 2.05) is 12.1 Å². The van der Waals surface area contributed by atoms with E-state index < -0.39 is 5.91 Å². The molecule has 0 aromatic carbocycles. The number of nitrogens with zero attached hydrogens (tertiary/aromatic N) is 2.